The second-order valence-electron chi connectivity index (χ2n) is 6.09. The van der Waals surface area contributed by atoms with Gasteiger partial charge in [0.2, 0.25) is 5.91 Å². The third-order valence-electron chi connectivity index (χ3n) is 4.00. The fraction of sp³-hybridized carbons (Fsp3) is 0. The average Bonchev–Trinajstić information content (AvgIpc) is 3.37. The predicted molar refractivity (Wildman–Crippen MR) is 133 cm³/mol. The Morgan fingerprint density at radius 2 is 2.00 bits per heavy atom. The van der Waals surface area contributed by atoms with Crippen LogP contribution < -0.4 is 10.6 Å². The molecule has 0 bridgehead atoms. The number of furan rings is 1. The lowest BCUT2D eigenvalue weighted by Gasteiger charge is -2.14. The second kappa shape index (κ2) is 9.22. The molecule has 30 heavy (non-hydrogen) atoms. The number of carbonyl (C=O) groups excluding carboxylic acids is 1. The van der Waals surface area contributed by atoms with E-state index < -0.39 is 0 Å². The van der Waals surface area contributed by atoms with Crippen LogP contribution in [-0.2, 0) is 4.79 Å². The molecule has 0 aliphatic carbocycles. The first-order chi connectivity index (χ1) is 14.5. The monoisotopic (exact) mass is 561 g/mol. The van der Waals surface area contributed by atoms with Crippen molar-refractivity contribution in [2.24, 2.45) is 0 Å². The molecule has 150 valence electrons. The summed E-state index contributed by atoms with van der Waals surface area (Å²) in [5.41, 5.74) is 2.51. The number of thiocarbonyl (C=S) groups is 1. The number of para-hydroxylation sites is 1. The summed E-state index contributed by atoms with van der Waals surface area (Å²) >= 11 is 14.0. The molecule has 2 heterocycles. The van der Waals surface area contributed by atoms with E-state index in [2.05, 4.69) is 42.5 Å². The van der Waals surface area contributed by atoms with Gasteiger partial charge in [-0.2, -0.15) is 0 Å². The van der Waals surface area contributed by atoms with Gasteiger partial charge in [-0.15, -0.1) is 11.3 Å². The van der Waals surface area contributed by atoms with Gasteiger partial charge in [-0.1, -0.05) is 28.1 Å². The molecule has 0 spiro atoms. The van der Waals surface area contributed by atoms with Gasteiger partial charge in [0.1, 0.15) is 10.8 Å². The lowest BCUT2D eigenvalue weighted by Crippen LogP contribution is -2.33. The number of benzene rings is 2. The zero-order valence-electron chi connectivity index (χ0n) is 15.2. The van der Waals surface area contributed by atoms with Crippen molar-refractivity contribution in [2.75, 3.05) is 5.32 Å². The van der Waals surface area contributed by atoms with E-state index in [4.69, 9.17) is 21.6 Å². The minimum atomic E-state index is -0.362. The molecule has 9 heteroatoms. The fourth-order valence-corrected chi connectivity index (χ4v) is 5.21. The number of anilines is 1. The number of nitrogens with one attached hydrogen (secondary N) is 2. The number of aromatic nitrogens is 1. The smallest absolute Gasteiger partial charge is 0.250 e. The Hall–Kier alpha value is -2.33. The molecule has 4 aromatic rings. The normalized spacial score (nSPS) is 11.1. The SMILES string of the molecule is O=C(/C=C/c1ccco1)NC(=S)Nc1c(Br)cc(Br)cc1-c1nc2ccccc2s1. The van der Waals surface area contributed by atoms with Gasteiger partial charge in [0.15, 0.2) is 5.11 Å². The molecule has 0 radical (unpaired) electrons. The van der Waals surface area contributed by atoms with Crippen molar-refractivity contribution >= 4 is 88.4 Å². The van der Waals surface area contributed by atoms with Crippen molar-refractivity contribution in [1.82, 2.24) is 10.3 Å². The van der Waals surface area contributed by atoms with E-state index in [1.54, 1.807) is 35.8 Å². The topological polar surface area (TPSA) is 67.2 Å². The van der Waals surface area contributed by atoms with Crippen LogP contribution in [-0.4, -0.2) is 16.0 Å². The molecule has 0 aliphatic heterocycles. The van der Waals surface area contributed by atoms with E-state index in [-0.39, 0.29) is 11.0 Å². The Morgan fingerprint density at radius 1 is 1.17 bits per heavy atom. The van der Waals surface area contributed by atoms with Crippen molar-refractivity contribution in [3.8, 4) is 10.6 Å². The number of rotatable bonds is 4. The Labute approximate surface area is 198 Å². The molecule has 0 saturated heterocycles. The van der Waals surface area contributed by atoms with Crippen molar-refractivity contribution in [2.45, 2.75) is 0 Å². The zero-order valence-corrected chi connectivity index (χ0v) is 20.0. The average molecular weight is 563 g/mol. The van der Waals surface area contributed by atoms with Gasteiger partial charge in [0.05, 0.1) is 22.2 Å². The van der Waals surface area contributed by atoms with E-state index >= 15 is 0 Å². The van der Waals surface area contributed by atoms with Gasteiger partial charge in [-0.05, 0) is 70.6 Å². The number of thiazole rings is 1. The van der Waals surface area contributed by atoms with Crippen LogP contribution in [0.25, 0.3) is 26.9 Å². The molecule has 0 fully saturated rings. The summed E-state index contributed by atoms with van der Waals surface area (Å²) in [6, 6.07) is 15.3. The van der Waals surface area contributed by atoms with Gasteiger partial charge in [-0.25, -0.2) is 4.98 Å². The van der Waals surface area contributed by atoms with E-state index in [1.165, 1.54) is 6.08 Å². The van der Waals surface area contributed by atoms with Crippen molar-refractivity contribution in [3.63, 3.8) is 0 Å². The van der Waals surface area contributed by atoms with Crippen molar-refractivity contribution in [3.05, 3.63) is 75.6 Å². The van der Waals surface area contributed by atoms with Gasteiger partial charge in [0.25, 0.3) is 0 Å². The minimum absolute atomic E-state index is 0.175. The van der Waals surface area contributed by atoms with E-state index in [9.17, 15) is 4.79 Å². The van der Waals surface area contributed by atoms with Gasteiger partial charge in [-0.3, -0.25) is 10.1 Å². The van der Waals surface area contributed by atoms with Crippen molar-refractivity contribution in [1.29, 1.82) is 0 Å². The predicted octanol–water partition coefficient (Wildman–Crippen LogP) is 6.61. The number of nitrogens with zero attached hydrogens (tertiary/aromatic N) is 1. The maximum absolute atomic E-state index is 12.2. The summed E-state index contributed by atoms with van der Waals surface area (Å²) in [6.07, 6.45) is 4.47. The molecule has 5 nitrogen and oxygen atoms in total. The Balaban J connectivity index is 1.57. The third-order valence-corrected chi connectivity index (χ3v) is 6.35. The van der Waals surface area contributed by atoms with Gasteiger partial charge in [0, 0.05) is 20.6 Å². The molecule has 0 atom stereocenters. The van der Waals surface area contributed by atoms with Crippen LogP contribution in [0.2, 0.25) is 0 Å². The minimum Gasteiger partial charge on any atom is -0.465 e. The number of hydrogen-bond donors (Lipinski definition) is 2. The highest BCUT2D eigenvalue weighted by Gasteiger charge is 2.16. The van der Waals surface area contributed by atoms with Crippen molar-refractivity contribution < 1.29 is 9.21 Å². The summed E-state index contributed by atoms with van der Waals surface area (Å²) < 4.78 is 7.94. The molecule has 0 aliphatic rings. The number of amides is 1. The van der Waals surface area contributed by atoms with E-state index in [0.717, 1.165) is 35.4 Å². The Morgan fingerprint density at radius 3 is 2.77 bits per heavy atom. The van der Waals surface area contributed by atoms with Gasteiger partial charge < -0.3 is 9.73 Å². The molecular weight excluding hydrogens is 550 g/mol. The van der Waals surface area contributed by atoms with E-state index in [0.29, 0.717) is 5.76 Å². The zero-order chi connectivity index (χ0) is 21.1. The summed E-state index contributed by atoms with van der Waals surface area (Å²) in [6.45, 7) is 0. The number of halogens is 2. The first-order valence-corrected chi connectivity index (χ1v) is 11.5. The third kappa shape index (κ3) is 4.86. The first-order valence-electron chi connectivity index (χ1n) is 8.68. The summed E-state index contributed by atoms with van der Waals surface area (Å²) in [7, 11) is 0. The number of fused-ring (bicyclic) bond motifs is 1. The largest absolute Gasteiger partial charge is 0.465 e. The lowest BCUT2D eigenvalue weighted by atomic mass is 10.2. The second-order valence-corrected chi connectivity index (χ2v) is 9.30. The van der Waals surface area contributed by atoms with Crippen LogP contribution in [0.4, 0.5) is 5.69 Å². The highest BCUT2D eigenvalue weighted by atomic mass is 79.9. The molecule has 0 saturated carbocycles. The van der Waals surface area contributed by atoms with Crippen LogP contribution in [0.1, 0.15) is 5.76 Å². The quantitative estimate of drug-likeness (QED) is 0.216. The maximum Gasteiger partial charge on any atom is 0.250 e. The standard InChI is InChI=1S/C21H13Br2N3O2S2/c22-12-10-14(20-24-16-5-1-2-6-17(16)30-20)19(15(23)11-12)26-21(29)25-18(27)8-7-13-4-3-9-28-13/h1-11H,(H2,25,26,27,29)/b8-7+. The van der Waals surface area contributed by atoms with Crippen LogP contribution in [0.15, 0.2) is 74.2 Å². The highest BCUT2D eigenvalue weighted by molar-refractivity contribution is 9.11. The van der Waals surface area contributed by atoms with Crippen LogP contribution in [0.5, 0.6) is 0 Å². The van der Waals surface area contributed by atoms with Crippen LogP contribution >= 0.6 is 55.4 Å². The lowest BCUT2D eigenvalue weighted by molar-refractivity contribution is -0.115. The molecule has 2 aromatic heterocycles. The maximum atomic E-state index is 12.2. The van der Waals surface area contributed by atoms with E-state index in [1.807, 2.05) is 36.4 Å². The number of hydrogen-bond acceptors (Lipinski definition) is 5. The molecular formula is C21H13Br2N3O2S2. The van der Waals surface area contributed by atoms with Gasteiger partial charge >= 0.3 is 0 Å². The summed E-state index contributed by atoms with van der Waals surface area (Å²) in [5, 5.41) is 6.77. The molecule has 4 rings (SSSR count). The molecule has 1 amide bonds. The highest BCUT2D eigenvalue weighted by Crippen LogP contribution is 2.40. The Kier molecular flexibility index (Phi) is 6.43. The van der Waals surface area contributed by atoms with Crippen LogP contribution in [0, 0.1) is 0 Å². The summed E-state index contributed by atoms with van der Waals surface area (Å²) in [4.78, 5) is 16.9. The van der Waals surface area contributed by atoms with Crippen LogP contribution in [0.3, 0.4) is 0 Å². The summed E-state index contributed by atoms with van der Waals surface area (Å²) in [5.74, 6) is 0.219. The molecule has 2 N–H and O–H groups in total. The molecule has 2 aromatic carbocycles. The molecule has 0 unspecified atom stereocenters. The number of carbonyl (C=O) groups is 1. The fourth-order valence-electron chi connectivity index (χ4n) is 2.70. The Bertz CT molecular complexity index is 1230. The first kappa shape index (κ1) is 20.9.